The first kappa shape index (κ1) is 14.4. The van der Waals surface area contributed by atoms with Crippen LogP contribution in [0.5, 0.6) is 5.75 Å². The van der Waals surface area contributed by atoms with Gasteiger partial charge in [0.1, 0.15) is 5.75 Å². The minimum absolute atomic E-state index is 0.371. The maximum atomic E-state index is 6.02. The van der Waals surface area contributed by atoms with Crippen molar-refractivity contribution in [3.63, 3.8) is 0 Å². The fraction of sp³-hybridized carbons (Fsp3) is 0.625. The van der Waals surface area contributed by atoms with Crippen molar-refractivity contribution in [3.8, 4) is 5.75 Å². The first-order valence-electron chi connectivity index (χ1n) is 7.36. The summed E-state index contributed by atoms with van der Waals surface area (Å²) >= 11 is 0. The summed E-state index contributed by atoms with van der Waals surface area (Å²) in [5.41, 5.74) is 8.72. The molecule has 0 aromatic heterocycles. The predicted octanol–water partition coefficient (Wildman–Crippen LogP) is 2.22. The molecule has 1 fully saturated rings. The molecular weight excluding hydrogens is 236 g/mol. The van der Waals surface area contributed by atoms with Gasteiger partial charge in [-0.3, -0.25) is 0 Å². The summed E-state index contributed by atoms with van der Waals surface area (Å²) in [7, 11) is 1.74. The number of nitrogens with zero attached hydrogens (tertiary/aromatic N) is 1. The highest BCUT2D eigenvalue weighted by molar-refractivity contribution is 5.37. The number of methoxy groups -OCH3 is 1. The van der Waals surface area contributed by atoms with Crippen molar-refractivity contribution in [2.75, 3.05) is 26.7 Å². The van der Waals surface area contributed by atoms with Crippen LogP contribution in [0, 0.1) is 0 Å². The van der Waals surface area contributed by atoms with Gasteiger partial charge in [0.25, 0.3) is 0 Å². The number of hydrogen-bond donors (Lipinski definition) is 1. The lowest BCUT2D eigenvalue weighted by molar-refractivity contribution is 0.211. The van der Waals surface area contributed by atoms with Gasteiger partial charge in [-0.2, -0.15) is 0 Å². The molecule has 1 aromatic carbocycles. The highest BCUT2D eigenvalue weighted by Crippen LogP contribution is 2.21. The summed E-state index contributed by atoms with van der Waals surface area (Å²) < 4.78 is 5.37. The van der Waals surface area contributed by atoms with Gasteiger partial charge in [0.05, 0.1) is 7.11 Å². The van der Waals surface area contributed by atoms with Gasteiger partial charge < -0.3 is 15.4 Å². The second-order valence-electron chi connectivity index (χ2n) is 5.45. The Bertz CT molecular complexity index is 406. The number of ether oxygens (including phenoxy) is 1. The maximum Gasteiger partial charge on any atom is 0.122 e. The molecule has 3 nitrogen and oxygen atoms in total. The molecule has 0 bridgehead atoms. The molecule has 2 rings (SSSR count). The smallest absolute Gasteiger partial charge is 0.122 e. The van der Waals surface area contributed by atoms with Crippen LogP contribution in [0.4, 0.5) is 0 Å². The van der Waals surface area contributed by atoms with E-state index in [1.807, 2.05) is 0 Å². The normalized spacial score (nSPS) is 20.5. The second-order valence-corrected chi connectivity index (χ2v) is 5.45. The summed E-state index contributed by atoms with van der Waals surface area (Å²) in [6.07, 6.45) is 4.54. The van der Waals surface area contributed by atoms with Crippen LogP contribution in [-0.2, 0) is 12.8 Å². The molecule has 0 amide bonds. The largest absolute Gasteiger partial charge is 0.496 e. The van der Waals surface area contributed by atoms with E-state index in [4.69, 9.17) is 10.5 Å². The van der Waals surface area contributed by atoms with Crippen molar-refractivity contribution in [1.82, 2.24) is 4.90 Å². The predicted molar refractivity (Wildman–Crippen MR) is 79.7 cm³/mol. The Labute approximate surface area is 116 Å². The molecule has 1 saturated heterocycles. The van der Waals surface area contributed by atoms with Crippen LogP contribution >= 0.6 is 0 Å². The molecule has 1 atom stereocenters. The maximum absolute atomic E-state index is 6.02. The SMILES string of the molecule is CCc1cc(CCN2CCCC(N)C2)ccc1OC. The van der Waals surface area contributed by atoms with Crippen LogP contribution in [0.2, 0.25) is 0 Å². The molecule has 1 heterocycles. The summed E-state index contributed by atoms with van der Waals surface area (Å²) in [6.45, 7) is 5.54. The van der Waals surface area contributed by atoms with E-state index in [0.29, 0.717) is 6.04 Å². The summed E-state index contributed by atoms with van der Waals surface area (Å²) in [5, 5.41) is 0. The van der Waals surface area contributed by atoms with Crippen LogP contribution in [0.15, 0.2) is 18.2 Å². The molecule has 2 N–H and O–H groups in total. The van der Waals surface area contributed by atoms with E-state index in [1.54, 1.807) is 7.11 Å². The lowest BCUT2D eigenvalue weighted by Gasteiger charge is -2.30. The van der Waals surface area contributed by atoms with Gasteiger partial charge in [-0.25, -0.2) is 0 Å². The van der Waals surface area contributed by atoms with Gasteiger partial charge in [0, 0.05) is 19.1 Å². The van der Waals surface area contributed by atoms with E-state index in [-0.39, 0.29) is 0 Å². The van der Waals surface area contributed by atoms with Crippen LogP contribution < -0.4 is 10.5 Å². The third kappa shape index (κ3) is 3.95. The monoisotopic (exact) mass is 262 g/mol. The quantitative estimate of drug-likeness (QED) is 0.884. The van der Waals surface area contributed by atoms with Gasteiger partial charge in [0.2, 0.25) is 0 Å². The van der Waals surface area contributed by atoms with Gasteiger partial charge in [-0.05, 0) is 49.4 Å². The summed E-state index contributed by atoms with van der Waals surface area (Å²) in [4.78, 5) is 2.49. The van der Waals surface area contributed by atoms with Gasteiger partial charge in [0.15, 0.2) is 0 Å². The van der Waals surface area contributed by atoms with E-state index >= 15 is 0 Å². The number of aryl methyl sites for hydroxylation is 1. The molecule has 106 valence electrons. The molecule has 0 aliphatic carbocycles. The average Bonchev–Trinajstić information content (AvgIpc) is 2.45. The number of benzene rings is 1. The molecule has 0 saturated carbocycles. The third-order valence-corrected chi connectivity index (χ3v) is 3.98. The average molecular weight is 262 g/mol. The molecule has 19 heavy (non-hydrogen) atoms. The van der Waals surface area contributed by atoms with Gasteiger partial charge >= 0.3 is 0 Å². The van der Waals surface area contributed by atoms with E-state index in [1.165, 1.54) is 30.5 Å². The molecule has 1 aromatic rings. The highest BCUT2D eigenvalue weighted by Gasteiger charge is 2.16. The Hall–Kier alpha value is -1.06. The number of rotatable bonds is 5. The minimum atomic E-state index is 0.371. The second kappa shape index (κ2) is 6.92. The molecule has 0 radical (unpaired) electrons. The Morgan fingerprint density at radius 2 is 2.26 bits per heavy atom. The topological polar surface area (TPSA) is 38.5 Å². The Balaban J connectivity index is 1.92. The van der Waals surface area contributed by atoms with Gasteiger partial charge in [-0.1, -0.05) is 19.1 Å². The van der Waals surface area contributed by atoms with E-state index in [2.05, 4.69) is 30.0 Å². The van der Waals surface area contributed by atoms with Crippen molar-refractivity contribution in [2.24, 2.45) is 5.73 Å². The standard InChI is InChI=1S/C16H26N2O/c1-3-14-11-13(6-7-16(14)19-2)8-10-18-9-4-5-15(17)12-18/h6-7,11,15H,3-5,8-10,12,17H2,1-2H3. The molecule has 0 spiro atoms. The first-order valence-corrected chi connectivity index (χ1v) is 7.36. The number of nitrogens with two attached hydrogens (primary N) is 1. The zero-order chi connectivity index (χ0) is 13.7. The number of piperidine rings is 1. The minimum Gasteiger partial charge on any atom is -0.496 e. The van der Waals surface area contributed by atoms with Crippen LogP contribution in [0.1, 0.15) is 30.9 Å². The number of hydrogen-bond acceptors (Lipinski definition) is 3. The summed E-state index contributed by atoms with van der Waals surface area (Å²) in [5.74, 6) is 1.01. The van der Waals surface area contributed by atoms with Crippen LogP contribution in [-0.4, -0.2) is 37.7 Å². The van der Waals surface area contributed by atoms with Crippen molar-refractivity contribution in [2.45, 2.75) is 38.6 Å². The Kier molecular flexibility index (Phi) is 5.23. The molecule has 1 aliphatic heterocycles. The molecule has 1 unspecified atom stereocenters. The fourth-order valence-corrected chi connectivity index (χ4v) is 2.85. The van der Waals surface area contributed by atoms with E-state index in [0.717, 1.165) is 31.7 Å². The third-order valence-electron chi connectivity index (χ3n) is 3.98. The number of likely N-dealkylation sites (tertiary alicyclic amines) is 1. The van der Waals surface area contributed by atoms with Crippen molar-refractivity contribution in [1.29, 1.82) is 0 Å². The summed E-state index contributed by atoms with van der Waals surface area (Å²) in [6, 6.07) is 6.93. The van der Waals surface area contributed by atoms with Crippen molar-refractivity contribution in [3.05, 3.63) is 29.3 Å². The Morgan fingerprint density at radius 3 is 2.95 bits per heavy atom. The van der Waals surface area contributed by atoms with Crippen LogP contribution in [0.25, 0.3) is 0 Å². The molecule has 1 aliphatic rings. The Morgan fingerprint density at radius 1 is 1.42 bits per heavy atom. The fourth-order valence-electron chi connectivity index (χ4n) is 2.85. The molecular formula is C16H26N2O. The first-order chi connectivity index (χ1) is 9.22. The molecule has 3 heteroatoms. The lowest BCUT2D eigenvalue weighted by atomic mass is 10.0. The van der Waals surface area contributed by atoms with Crippen LogP contribution in [0.3, 0.4) is 0 Å². The van der Waals surface area contributed by atoms with E-state index < -0.39 is 0 Å². The highest BCUT2D eigenvalue weighted by atomic mass is 16.5. The lowest BCUT2D eigenvalue weighted by Crippen LogP contribution is -2.43. The zero-order valence-corrected chi connectivity index (χ0v) is 12.2. The van der Waals surface area contributed by atoms with Crippen molar-refractivity contribution >= 4 is 0 Å². The van der Waals surface area contributed by atoms with E-state index in [9.17, 15) is 0 Å². The van der Waals surface area contributed by atoms with Crippen molar-refractivity contribution < 1.29 is 4.74 Å². The van der Waals surface area contributed by atoms with Gasteiger partial charge in [-0.15, -0.1) is 0 Å². The zero-order valence-electron chi connectivity index (χ0n) is 12.2.